The molecule has 64 valence electrons. The molecular formula is C9H18N2. The molecule has 0 spiro atoms. The van der Waals surface area contributed by atoms with Crippen LogP contribution in [0.5, 0.6) is 0 Å². The van der Waals surface area contributed by atoms with E-state index in [1.54, 1.807) is 0 Å². The standard InChI is InChI=1S/C9H18N2/c1-2-4-9-5-6-10-8-11(9)7-3-1/h9-10H,1-8H2. The van der Waals surface area contributed by atoms with Gasteiger partial charge in [-0.05, 0) is 32.4 Å². The zero-order valence-electron chi connectivity index (χ0n) is 7.18. The molecule has 0 aromatic carbocycles. The molecule has 2 rings (SSSR count). The fraction of sp³-hybridized carbons (Fsp3) is 1.00. The quantitative estimate of drug-likeness (QED) is 0.563. The van der Waals surface area contributed by atoms with Gasteiger partial charge in [0.15, 0.2) is 0 Å². The van der Waals surface area contributed by atoms with E-state index in [9.17, 15) is 0 Å². The summed E-state index contributed by atoms with van der Waals surface area (Å²) in [6.45, 7) is 3.71. The maximum Gasteiger partial charge on any atom is 0.0483 e. The molecule has 11 heavy (non-hydrogen) atoms. The van der Waals surface area contributed by atoms with Crippen molar-refractivity contribution in [3.05, 3.63) is 0 Å². The van der Waals surface area contributed by atoms with E-state index < -0.39 is 0 Å². The molecular weight excluding hydrogens is 136 g/mol. The molecule has 2 aliphatic heterocycles. The van der Waals surface area contributed by atoms with Gasteiger partial charge in [-0.25, -0.2) is 0 Å². The van der Waals surface area contributed by atoms with E-state index in [0.29, 0.717) is 0 Å². The lowest BCUT2D eigenvalue weighted by Gasteiger charge is -2.34. The molecule has 2 aliphatic rings. The van der Waals surface area contributed by atoms with E-state index in [1.807, 2.05) is 0 Å². The molecule has 0 aromatic heterocycles. The Morgan fingerprint density at radius 1 is 1.09 bits per heavy atom. The van der Waals surface area contributed by atoms with Crippen molar-refractivity contribution in [3.63, 3.8) is 0 Å². The molecule has 1 atom stereocenters. The Morgan fingerprint density at radius 2 is 2.09 bits per heavy atom. The molecule has 0 saturated carbocycles. The Hall–Kier alpha value is -0.0800. The summed E-state index contributed by atoms with van der Waals surface area (Å²) >= 11 is 0. The largest absolute Gasteiger partial charge is 0.304 e. The lowest BCUT2D eigenvalue weighted by atomic mass is 10.1. The minimum absolute atomic E-state index is 0.916. The normalized spacial score (nSPS) is 34.4. The van der Waals surface area contributed by atoms with Crippen molar-refractivity contribution in [1.29, 1.82) is 0 Å². The highest BCUT2D eigenvalue weighted by Crippen LogP contribution is 2.19. The average Bonchev–Trinajstić information content (AvgIpc) is 2.28. The van der Waals surface area contributed by atoms with Crippen molar-refractivity contribution in [2.75, 3.05) is 19.8 Å². The highest BCUT2D eigenvalue weighted by atomic mass is 15.3. The first-order chi connectivity index (χ1) is 5.47. The maximum absolute atomic E-state index is 3.44. The van der Waals surface area contributed by atoms with Crippen LogP contribution in [0.3, 0.4) is 0 Å². The minimum atomic E-state index is 0.916. The summed E-state index contributed by atoms with van der Waals surface area (Å²) in [5.74, 6) is 0. The van der Waals surface area contributed by atoms with Gasteiger partial charge in [-0.1, -0.05) is 12.8 Å². The van der Waals surface area contributed by atoms with Gasteiger partial charge < -0.3 is 5.32 Å². The summed E-state index contributed by atoms with van der Waals surface area (Å²) < 4.78 is 0. The number of nitrogens with zero attached hydrogens (tertiary/aromatic N) is 1. The molecule has 1 unspecified atom stereocenters. The Balaban J connectivity index is 1.93. The smallest absolute Gasteiger partial charge is 0.0483 e. The van der Waals surface area contributed by atoms with Gasteiger partial charge in [-0.15, -0.1) is 0 Å². The molecule has 2 nitrogen and oxygen atoms in total. The van der Waals surface area contributed by atoms with Gasteiger partial charge in [0, 0.05) is 12.7 Å². The van der Waals surface area contributed by atoms with E-state index in [0.717, 1.165) is 12.7 Å². The van der Waals surface area contributed by atoms with Crippen LogP contribution in [-0.4, -0.2) is 30.7 Å². The second-order valence-electron chi connectivity index (χ2n) is 3.76. The second-order valence-corrected chi connectivity index (χ2v) is 3.76. The van der Waals surface area contributed by atoms with E-state index in [-0.39, 0.29) is 0 Å². The topological polar surface area (TPSA) is 15.3 Å². The third-order valence-electron chi connectivity index (χ3n) is 2.97. The summed E-state index contributed by atoms with van der Waals surface area (Å²) in [6, 6.07) is 0.916. The SMILES string of the molecule is C1CCC2CCNCN2CC1. The number of fused-ring (bicyclic) bond motifs is 1. The predicted octanol–water partition coefficient (Wildman–Crippen LogP) is 1.18. The third-order valence-corrected chi connectivity index (χ3v) is 2.97. The van der Waals surface area contributed by atoms with Gasteiger partial charge in [0.1, 0.15) is 0 Å². The molecule has 2 saturated heterocycles. The van der Waals surface area contributed by atoms with E-state index in [2.05, 4.69) is 10.2 Å². The first kappa shape index (κ1) is 7.56. The molecule has 2 heterocycles. The molecule has 1 N–H and O–H groups in total. The number of hydrogen-bond donors (Lipinski definition) is 1. The molecule has 0 aliphatic carbocycles. The van der Waals surface area contributed by atoms with Crippen LogP contribution in [-0.2, 0) is 0 Å². The van der Waals surface area contributed by atoms with Crippen molar-refractivity contribution in [3.8, 4) is 0 Å². The van der Waals surface area contributed by atoms with Gasteiger partial charge in [0.25, 0.3) is 0 Å². The Morgan fingerprint density at radius 3 is 3.09 bits per heavy atom. The Labute approximate surface area is 69.0 Å². The van der Waals surface area contributed by atoms with Crippen molar-refractivity contribution in [1.82, 2.24) is 10.2 Å². The second kappa shape index (κ2) is 3.55. The summed E-state index contributed by atoms with van der Waals surface area (Å²) in [6.07, 6.45) is 7.15. The van der Waals surface area contributed by atoms with E-state index in [1.165, 1.54) is 45.2 Å². The maximum atomic E-state index is 3.44. The molecule has 0 radical (unpaired) electrons. The summed E-state index contributed by atoms with van der Waals surface area (Å²) in [4.78, 5) is 2.62. The number of nitrogens with one attached hydrogen (secondary N) is 1. The number of hydrogen-bond acceptors (Lipinski definition) is 2. The third kappa shape index (κ3) is 1.74. The Bertz CT molecular complexity index is 111. The van der Waals surface area contributed by atoms with Crippen LogP contribution < -0.4 is 5.32 Å². The average molecular weight is 154 g/mol. The summed E-state index contributed by atoms with van der Waals surface area (Å²) in [5, 5.41) is 3.44. The van der Waals surface area contributed by atoms with Crippen LogP contribution >= 0.6 is 0 Å². The zero-order chi connectivity index (χ0) is 7.52. The van der Waals surface area contributed by atoms with Crippen LogP contribution in [0.1, 0.15) is 32.1 Å². The molecule has 2 heteroatoms. The van der Waals surface area contributed by atoms with Crippen LogP contribution in [0.25, 0.3) is 0 Å². The molecule has 0 amide bonds. The van der Waals surface area contributed by atoms with E-state index >= 15 is 0 Å². The monoisotopic (exact) mass is 154 g/mol. The fourth-order valence-electron chi connectivity index (χ4n) is 2.26. The first-order valence-electron chi connectivity index (χ1n) is 4.91. The van der Waals surface area contributed by atoms with Gasteiger partial charge in [-0.2, -0.15) is 0 Å². The van der Waals surface area contributed by atoms with Crippen molar-refractivity contribution in [2.45, 2.75) is 38.1 Å². The first-order valence-corrected chi connectivity index (χ1v) is 4.91. The van der Waals surface area contributed by atoms with E-state index in [4.69, 9.17) is 0 Å². The fourth-order valence-corrected chi connectivity index (χ4v) is 2.26. The molecule has 0 bridgehead atoms. The zero-order valence-corrected chi connectivity index (χ0v) is 7.18. The molecule has 2 fully saturated rings. The van der Waals surface area contributed by atoms with Crippen LogP contribution in [0.2, 0.25) is 0 Å². The summed E-state index contributed by atoms with van der Waals surface area (Å²) in [5.41, 5.74) is 0. The van der Waals surface area contributed by atoms with Crippen molar-refractivity contribution < 1.29 is 0 Å². The van der Waals surface area contributed by atoms with Gasteiger partial charge in [0.05, 0.1) is 0 Å². The number of rotatable bonds is 0. The minimum Gasteiger partial charge on any atom is -0.304 e. The van der Waals surface area contributed by atoms with Gasteiger partial charge >= 0.3 is 0 Å². The molecule has 0 aromatic rings. The lowest BCUT2D eigenvalue weighted by Crippen LogP contribution is -2.47. The van der Waals surface area contributed by atoms with Crippen LogP contribution in [0.4, 0.5) is 0 Å². The summed E-state index contributed by atoms with van der Waals surface area (Å²) in [7, 11) is 0. The van der Waals surface area contributed by atoms with Crippen molar-refractivity contribution in [2.24, 2.45) is 0 Å². The highest BCUT2D eigenvalue weighted by molar-refractivity contribution is 4.78. The Kier molecular flexibility index (Phi) is 2.44. The highest BCUT2D eigenvalue weighted by Gasteiger charge is 2.22. The predicted molar refractivity (Wildman–Crippen MR) is 46.4 cm³/mol. The van der Waals surface area contributed by atoms with Gasteiger partial charge in [-0.3, -0.25) is 4.90 Å². The lowest BCUT2D eigenvalue weighted by molar-refractivity contribution is 0.142. The van der Waals surface area contributed by atoms with Gasteiger partial charge in [0.2, 0.25) is 0 Å². The van der Waals surface area contributed by atoms with Crippen LogP contribution in [0.15, 0.2) is 0 Å². The van der Waals surface area contributed by atoms with Crippen LogP contribution in [0, 0.1) is 0 Å². The van der Waals surface area contributed by atoms with Crippen molar-refractivity contribution >= 4 is 0 Å².